The first-order valence-electron chi connectivity index (χ1n) is 5.70. The van der Waals surface area contributed by atoms with E-state index in [0.717, 1.165) is 29.9 Å². The molecule has 0 spiro atoms. The van der Waals surface area contributed by atoms with Crippen molar-refractivity contribution in [3.63, 3.8) is 0 Å². The van der Waals surface area contributed by atoms with Gasteiger partial charge in [-0.25, -0.2) is 0 Å². The highest BCUT2D eigenvalue weighted by atomic mass is 16.5. The van der Waals surface area contributed by atoms with Crippen LogP contribution in [0.5, 0.6) is 11.5 Å². The van der Waals surface area contributed by atoms with E-state index >= 15 is 0 Å². The minimum Gasteiger partial charge on any atom is -0.497 e. The van der Waals surface area contributed by atoms with E-state index in [1.807, 2.05) is 18.2 Å². The summed E-state index contributed by atoms with van der Waals surface area (Å²) in [6, 6.07) is 5.79. The number of hydrogen-bond acceptors (Lipinski definition) is 3. The van der Waals surface area contributed by atoms with E-state index < -0.39 is 0 Å². The number of terminal acetylenes is 1. The standard InChI is InChI=1S/C14H19NO2/c1-4-8-17-14-7-6-13(16-3)10-11(14)9-12(15)5-2/h1,6-7,10,12H,5,8-9,15H2,2-3H3. The Morgan fingerprint density at radius 1 is 1.47 bits per heavy atom. The molecule has 0 bridgehead atoms. The number of ether oxygens (including phenoxy) is 2. The molecule has 1 aromatic carbocycles. The zero-order valence-corrected chi connectivity index (χ0v) is 10.4. The maximum absolute atomic E-state index is 5.96. The van der Waals surface area contributed by atoms with Crippen LogP contribution in [-0.4, -0.2) is 19.8 Å². The maximum atomic E-state index is 5.96. The molecule has 3 heteroatoms. The highest BCUT2D eigenvalue weighted by Crippen LogP contribution is 2.25. The third kappa shape index (κ3) is 4.01. The Morgan fingerprint density at radius 3 is 2.82 bits per heavy atom. The molecule has 92 valence electrons. The molecule has 0 saturated carbocycles. The molecule has 0 aliphatic carbocycles. The highest BCUT2D eigenvalue weighted by molar-refractivity contribution is 5.41. The van der Waals surface area contributed by atoms with E-state index in [9.17, 15) is 0 Å². The summed E-state index contributed by atoms with van der Waals surface area (Å²) < 4.78 is 10.7. The molecule has 0 aliphatic rings. The lowest BCUT2D eigenvalue weighted by molar-refractivity contribution is 0.362. The fourth-order valence-corrected chi connectivity index (χ4v) is 1.53. The summed E-state index contributed by atoms with van der Waals surface area (Å²) >= 11 is 0. The summed E-state index contributed by atoms with van der Waals surface area (Å²) in [4.78, 5) is 0. The van der Waals surface area contributed by atoms with Gasteiger partial charge in [-0.15, -0.1) is 6.42 Å². The first-order chi connectivity index (χ1) is 8.21. The summed E-state index contributed by atoms with van der Waals surface area (Å²) in [5.41, 5.74) is 6.99. The molecule has 1 atom stereocenters. The van der Waals surface area contributed by atoms with Crippen LogP contribution in [-0.2, 0) is 6.42 Å². The fraction of sp³-hybridized carbons (Fsp3) is 0.429. The van der Waals surface area contributed by atoms with Crippen molar-refractivity contribution in [3.8, 4) is 23.8 Å². The molecule has 0 heterocycles. The van der Waals surface area contributed by atoms with Gasteiger partial charge in [0.05, 0.1) is 7.11 Å². The van der Waals surface area contributed by atoms with Gasteiger partial charge < -0.3 is 15.2 Å². The number of benzene rings is 1. The average Bonchev–Trinajstić information content (AvgIpc) is 2.36. The Hall–Kier alpha value is -1.66. The van der Waals surface area contributed by atoms with Gasteiger partial charge in [0.15, 0.2) is 0 Å². The molecule has 0 aliphatic heterocycles. The van der Waals surface area contributed by atoms with Gasteiger partial charge in [-0.05, 0) is 36.6 Å². The first kappa shape index (κ1) is 13.4. The van der Waals surface area contributed by atoms with Crippen LogP contribution in [0.2, 0.25) is 0 Å². The molecular weight excluding hydrogens is 214 g/mol. The van der Waals surface area contributed by atoms with Crippen molar-refractivity contribution < 1.29 is 9.47 Å². The SMILES string of the molecule is C#CCOc1ccc(OC)cc1CC(N)CC. The van der Waals surface area contributed by atoms with Crippen LogP contribution >= 0.6 is 0 Å². The van der Waals surface area contributed by atoms with E-state index in [4.69, 9.17) is 21.6 Å². The van der Waals surface area contributed by atoms with Crippen molar-refractivity contribution >= 4 is 0 Å². The zero-order valence-electron chi connectivity index (χ0n) is 10.4. The van der Waals surface area contributed by atoms with Gasteiger partial charge >= 0.3 is 0 Å². The van der Waals surface area contributed by atoms with Gasteiger partial charge in [0.2, 0.25) is 0 Å². The van der Waals surface area contributed by atoms with E-state index in [2.05, 4.69) is 12.8 Å². The van der Waals surface area contributed by atoms with Crippen LogP contribution < -0.4 is 15.2 Å². The van der Waals surface area contributed by atoms with Gasteiger partial charge in [0.25, 0.3) is 0 Å². The Labute approximate surface area is 103 Å². The minimum atomic E-state index is 0.121. The lowest BCUT2D eigenvalue weighted by Gasteiger charge is -2.14. The normalized spacial score (nSPS) is 11.6. The van der Waals surface area contributed by atoms with Crippen molar-refractivity contribution in [3.05, 3.63) is 23.8 Å². The molecule has 1 unspecified atom stereocenters. The summed E-state index contributed by atoms with van der Waals surface area (Å²) in [5.74, 6) is 4.04. The fourth-order valence-electron chi connectivity index (χ4n) is 1.53. The van der Waals surface area contributed by atoms with Crippen LogP contribution in [0.15, 0.2) is 18.2 Å². The summed E-state index contributed by atoms with van der Waals surface area (Å²) in [6.45, 7) is 2.33. The van der Waals surface area contributed by atoms with Gasteiger partial charge in [0.1, 0.15) is 18.1 Å². The smallest absolute Gasteiger partial charge is 0.148 e. The van der Waals surface area contributed by atoms with Crippen molar-refractivity contribution in [2.24, 2.45) is 5.73 Å². The van der Waals surface area contributed by atoms with E-state index in [-0.39, 0.29) is 12.6 Å². The van der Waals surface area contributed by atoms with Crippen molar-refractivity contribution in [1.82, 2.24) is 0 Å². The lowest BCUT2D eigenvalue weighted by Crippen LogP contribution is -2.21. The second-order valence-electron chi connectivity index (χ2n) is 3.84. The van der Waals surface area contributed by atoms with Crippen molar-refractivity contribution in [1.29, 1.82) is 0 Å². The molecule has 3 nitrogen and oxygen atoms in total. The van der Waals surface area contributed by atoms with Crippen LogP contribution in [0.4, 0.5) is 0 Å². The van der Waals surface area contributed by atoms with Crippen LogP contribution in [0.3, 0.4) is 0 Å². The predicted octanol–water partition coefficient (Wildman–Crippen LogP) is 1.99. The maximum Gasteiger partial charge on any atom is 0.148 e. The predicted molar refractivity (Wildman–Crippen MR) is 69.3 cm³/mol. The molecule has 2 N–H and O–H groups in total. The molecule has 0 fully saturated rings. The van der Waals surface area contributed by atoms with Gasteiger partial charge in [0, 0.05) is 6.04 Å². The number of nitrogens with two attached hydrogens (primary N) is 1. The highest BCUT2D eigenvalue weighted by Gasteiger charge is 2.09. The Bertz CT molecular complexity index is 396. The number of methoxy groups -OCH3 is 1. The Kier molecular flexibility index (Phi) is 5.38. The Morgan fingerprint density at radius 2 is 2.24 bits per heavy atom. The van der Waals surface area contributed by atoms with Crippen LogP contribution in [0, 0.1) is 12.3 Å². The monoisotopic (exact) mass is 233 g/mol. The molecule has 17 heavy (non-hydrogen) atoms. The van der Waals surface area contributed by atoms with Crippen molar-refractivity contribution in [2.45, 2.75) is 25.8 Å². The molecule has 1 rings (SSSR count). The number of hydrogen-bond donors (Lipinski definition) is 1. The molecule has 1 aromatic rings. The third-order valence-electron chi connectivity index (χ3n) is 2.59. The van der Waals surface area contributed by atoms with E-state index in [1.54, 1.807) is 7.11 Å². The molecule has 0 aromatic heterocycles. The van der Waals surface area contributed by atoms with Gasteiger partial charge in [-0.2, -0.15) is 0 Å². The molecule has 0 saturated heterocycles. The summed E-state index contributed by atoms with van der Waals surface area (Å²) in [6.07, 6.45) is 6.87. The third-order valence-corrected chi connectivity index (χ3v) is 2.59. The first-order valence-corrected chi connectivity index (χ1v) is 5.70. The van der Waals surface area contributed by atoms with Gasteiger partial charge in [-0.1, -0.05) is 12.8 Å². The number of rotatable bonds is 6. The molecule has 0 radical (unpaired) electrons. The molecular formula is C14H19NO2. The second-order valence-corrected chi connectivity index (χ2v) is 3.84. The lowest BCUT2D eigenvalue weighted by atomic mass is 10.0. The Balaban J connectivity index is 2.90. The minimum absolute atomic E-state index is 0.121. The quantitative estimate of drug-likeness (QED) is 0.764. The van der Waals surface area contributed by atoms with Gasteiger partial charge in [-0.3, -0.25) is 0 Å². The van der Waals surface area contributed by atoms with Crippen LogP contribution in [0.1, 0.15) is 18.9 Å². The summed E-state index contributed by atoms with van der Waals surface area (Å²) in [7, 11) is 1.64. The zero-order chi connectivity index (χ0) is 12.7. The van der Waals surface area contributed by atoms with E-state index in [0.29, 0.717) is 0 Å². The van der Waals surface area contributed by atoms with Crippen LogP contribution in [0.25, 0.3) is 0 Å². The topological polar surface area (TPSA) is 44.5 Å². The summed E-state index contributed by atoms with van der Waals surface area (Å²) in [5, 5.41) is 0. The van der Waals surface area contributed by atoms with E-state index in [1.165, 1.54) is 0 Å². The largest absolute Gasteiger partial charge is 0.497 e. The molecule has 0 amide bonds. The average molecular weight is 233 g/mol. The van der Waals surface area contributed by atoms with Crippen molar-refractivity contribution in [2.75, 3.05) is 13.7 Å². The second kappa shape index (κ2) is 6.82.